The third-order valence-electron chi connectivity index (χ3n) is 8.37. The Morgan fingerprint density at radius 3 is 1.98 bits per heavy atom. The van der Waals surface area contributed by atoms with Gasteiger partial charge in [0.25, 0.3) is 0 Å². The van der Waals surface area contributed by atoms with Gasteiger partial charge in [-0.25, -0.2) is 0 Å². The second-order valence-corrected chi connectivity index (χ2v) is 18.0. The van der Waals surface area contributed by atoms with E-state index in [0.29, 0.717) is 19.7 Å². The van der Waals surface area contributed by atoms with Gasteiger partial charge in [-0.3, -0.25) is 4.90 Å². The van der Waals surface area contributed by atoms with Gasteiger partial charge in [-0.05, 0) is 49.5 Å². The fourth-order valence-corrected chi connectivity index (χ4v) is 6.20. The third-order valence-corrected chi connectivity index (χ3v) is 12.9. The predicted molar refractivity (Wildman–Crippen MR) is 167 cm³/mol. The van der Waals surface area contributed by atoms with E-state index in [1.807, 2.05) is 50.2 Å². The summed E-state index contributed by atoms with van der Waals surface area (Å²) in [6.07, 6.45) is -2.39. The third kappa shape index (κ3) is 9.67. The maximum Gasteiger partial charge on any atom is 0.192 e. The van der Waals surface area contributed by atoms with E-state index in [1.165, 1.54) is 0 Å². The van der Waals surface area contributed by atoms with E-state index in [0.717, 1.165) is 11.1 Å². The average Bonchev–Trinajstić information content (AvgIpc) is 3.24. The normalized spacial score (nSPS) is 21.4. The number of hydrogen-bond acceptors (Lipinski definition) is 8. The van der Waals surface area contributed by atoms with Crippen LogP contribution in [0, 0.1) is 0 Å². The van der Waals surface area contributed by atoms with Gasteiger partial charge >= 0.3 is 0 Å². The van der Waals surface area contributed by atoms with E-state index in [2.05, 4.69) is 63.0 Å². The second-order valence-electron chi connectivity index (χ2n) is 13.2. The van der Waals surface area contributed by atoms with Gasteiger partial charge in [0, 0.05) is 26.8 Å². The number of nitrogens with zero attached hydrogens (tertiary/aromatic N) is 1. The van der Waals surface area contributed by atoms with Crippen LogP contribution < -0.4 is 0 Å². The molecule has 0 amide bonds. The van der Waals surface area contributed by atoms with Crippen molar-refractivity contribution in [3.63, 3.8) is 0 Å². The van der Waals surface area contributed by atoms with E-state index in [9.17, 15) is 10.2 Å². The van der Waals surface area contributed by atoms with Gasteiger partial charge in [-0.2, -0.15) is 0 Å². The van der Waals surface area contributed by atoms with Gasteiger partial charge in [-0.1, -0.05) is 81.4 Å². The van der Waals surface area contributed by atoms with Crippen LogP contribution in [0.3, 0.4) is 0 Å². The second kappa shape index (κ2) is 15.4. The SMILES string of the molecule is COCO[C@@H]([C@@H]1OC(C)(C)O[C@H]1CO[Si](C)(C)C(C)(C)C)[C@@H]([C@H](O)CCO)N(Cc1ccccc1)Cc1ccccc1. The Hall–Kier alpha value is -1.66. The Balaban J connectivity index is 2.05. The lowest BCUT2D eigenvalue weighted by Crippen LogP contribution is -2.58. The van der Waals surface area contributed by atoms with Crippen molar-refractivity contribution in [3.05, 3.63) is 71.8 Å². The molecular weight excluding hydrogens is 550 g/mol. The van der Waals surface area contributed by atoms with Crippen molar-refractivity contribution < 1.29 is 33.6 Å². The average molecular weight is 604 g/mol. The molecule has 1 aliphatic rings. The van der Waals surface area contributed by atoms with Gasteiger partial charge in [0.05, 0.1) is 18.8 Å². The molecule has 1 aliphatic heterocycles. The molecule has 0 bridgehead atoms. The zero-order valence-electron chi connectivity index (χ0n) is 26.8. The Morgan fingerprint density at radius 1 is 0.952 bits per heavy atom. The van der Waals surface area contributed by atoms with Gasteiger partial charge < -0.3 is 33.6 Å². The lowest BCUT2D eigenvalue weighted by Gasteiger charge is -2.43. The van der Waals surface area contributed by atoms with Crippen LogP contribution in [0.5, 0.6) is 0 Å². The molecule has 0 aromatic heterocycles. The molecule has 1 fully saturated rings. The van der Waals surface area contributed by atoms with Crippen LogP contribution in [-0.4, -0.2) is 86.8 Å². The monoisotopic (exact) mass is 603 g/mol. The highest BCUT2D eigenvalue weighted by molar-refractivity contribution is 6.74. The van der Waals surface area contributed by atoms with Gasteiger partial charge in [0.1, 0.15) is 25.1 Å². The maximum absolute atomic E-state index is 11.7. The molecule has 42 heavy (non-hydrogen) atoms. The van der Waals surface area contributed by atoms with Crippen molar-refractivity contribution in [2.45, 2.75) is 109 Å². The predicted octanol–water partition coefficient (Wildman–Crippen LogP) is 5.33. The smallest absolute Gasteiger partial charge is 0.192 e. The van der Waals surface area contributed by atoms with Crippen molar-refractivity contribution >= 4 is 8.32 Å². The number of benzene rings is 2. The zero-order chi connectivity index (χ0) is 31.0. The highest BCUT2D eigenvalue weighted by Crippen LogP contribution is 2.39. The summed E-state index contributed by atoms with van der Waals surface area (Å²) in [5.41, 5.74) is 2.20. The molecule has 1 saturated heterocycles. The van der Waals surface area contributed by atoms with E-state index < -0.39 is 44.6 Å². The highest BCUT2D eigenvalue weighted by atomic mass is 28.4. The van der Waals surface area contributed by atoms with Crippen LogP contribution in [0.2, 0.25) is 18.1 Å². The molecule has 0 aliphatic carbocycles. The summed E-state index contributed by atoms with van der Waals surface area (Å²) < 4.78 is 31.5. The number of methoxy groups -OCH3 is 1. The molecule has 8 nitrogen and oxygen atoms in total. The highest BCUT2D eigenvalue weighted by Gasteiger charge is 2.51. The molecule has 0 spiro atoms. The summed E-state index contributed by atoms with van der Waals surface area (Å²) in [6.45, 7) is 16.2. The minimum atomic E-state index is -2.09. The van der Waals surface area contributed by atoms with Crippen molar-refractivity contribution in [1.29, 1.82) is 0 Å². The first-order valence-electron chi connectivity index (χ1n) is 15.0. The van der Waals surface area contributed by atoms with Gasteiger partial charge in [-0.15, -0.1) is 0 Å². The Labute approximate surface area is 254 Å². The van der Waals surface area contributed by atoms with Crippen LogP contribution in [0.25, 0.3) is 0 Å². The molecule has 2 N–H and O–H groups in total. The molecule has 2 aromatic rings. The van der Waals surface area contributed by atoms with Crippen LogP contribution in [-0.2, 0) is 36.5 Å². The molecule has 2 aromatic carbocycles. The summed E-state index contributed by atoms with van der Waals surface area (Å²) in [5, 5.41) is 21.7. The van der Waals surface area contributed by atoms with Crippen LogP contribution >= 0.6 is 0 Å². The Kier molecular flexibility index (Phi) is 12.7. The molecule has 1 heterocycles. The molecule has 0 saturated carbocycles. The summed E-state index contributed by atoms with van der Waals surface area (Å²) in [4.78, 5) is 2.21. The number of aliphatic hydroxyl groups is 2. The van der Waals surface area contributed by atoms with Crippen molar-refractivity contribution in [2.24, 2.45) is 0 Å². The standard InChI is InChI=1S/C33H53NO7Si/c1-32(2,3)42(7,8)39-23-28-30(41-33(4,5)40-28)31(38-24-37-6)29(27(36)19-20-35)34(21-25-15-11-9-12-16-25)22-26-17-13-10-14-18-26/h9-18,27-31,35-36H,19-24H2,1-8H3/t27-,28+,29-,30-,31-/m1/s1. The first kappa shape index (κ1) is 34.8. The summed E-state index contributed by atoms with van der Waals surface area (Å²) >= 11 is 0. The largest absolute Gasteiger partial charge is 0.414 e. The molecule has 9 heteroatoms. The van der Waals surface area contributed by atoms with Crippen molar-refractivity contribution in [2.75, 3.05) is 27.1 Å². The van der Waals surface area contributed by atoms with E-state index >= 15 is 0 Å². The topological polar surface area (TPSA) is 89.9 Å². The fraction of sp³-hybridized carbons (Fsp3) is 0.636. The van der Waals surface area contributed by atoms with E-state index in [1.54, 1.807) is 7.11 Å². The lowest BCUT2D eigenvalue weighted by atomic mass is 9.92. The quantitative estimate of drug-likeness (QED) is 0.197. The van der Waals surface area contributed by atoms with Gasteiger partial charge in [0.15, 0.2) is 14.1 Å². The van der Waals surface area contributed by atoms with E-state index in [4.69, 9.17) is 23.4 Å². The van der Waals surface area contributed by atoms with Gasteiger partial charge in [0.2, 0.25) is 0 Å². The van der Waals surface area contributed by atoms with Crippen molar-refractivity contribution in [3.8, 4) is 0 Å². The lowest BCUT2D eigenvalue weighted by molar-refractivity contribution is -0.192. The van der Waals surface area contributed by atoms with Crippen LogP contribution in [0.1, 0.15) is 52.2 Å². The Bertz CT molecular complexity index is 1010. The summed E-state index contributed by atoms with van der Waals surface area (Å²) in [6, 6.07) is 19.8. The number of ether oxygens (including phenoxy) is 4. The fourth-order valence-electron chi connectivity index (χ4n) is 5.19. The number of aliphatic hydroxyl groups excluding tert-OH is 2. The van der Waals surface area contributed by atoms with Crippen LogP contribution in [0.4, 0.5) is 0 Å². The first-order valence-corrected chi connectivity index (χ1v) is 17.9. The minimum absolute atomic E-state index is 0.00756. The first-order chi connectivity index (χ1) is 19.8. The maximum atomic E-state index is 11.7. The minimum Gasteiger partial charge on any atom is -0.414 e. The Morgan fingerprint density at radius 2 is 1.50 bits per heavy atom. The molecule has 3 rings (SSSR count). The van der Waals surface area contributed by atoms with E-state index in [-0.39, 0.29) is 24.9 Å². The molecule has 5 atom stereocenters. The molecule has 0 radical (unpaired) electrons. The molecular formula is C33H53NO7Si. The van der Waals surface area contributed by atoms with Crippen molar-refractivity contribution in [1.82, 2.24) is 4.90 Å². The summed E-state index contributed by atoms with van der Waals surface area (Å²) in [7, 11) is -0.509. The number of rotatable bonds is 16. The number of hydrogen-bond donors (Lipinski definition) is 2. The zero-order valence-corrected chi connectivity index (χ0v) is 27.8. The molecule has 0 unspecified atom stereocenters. The summed E-state index contributed by atoms with van der Waals surface area (Å²) in [5.74, 6) is -0.878. The van der Waals surface area contributed by atoms with Crippen LogP contribution in [0.15, 0.2) is 60.7 Å². The molecule has 236 valence electrons.